The topological polar surface area (TPSA) is 6.48 Å². The molecule has 3 atom stereocenters. The molecule has 0 saturated heterocycles. The lowest BCUT2D eigenvalue weighted by molar-refractivity contribution is 0.164. The lowest BCUT2D eigenvalue weighted by Gasteiger charge is -2.45. The molecule has 2 nitrogen and oxygen atoms in total. The molecule has 0 amide bonds. The van der Waals surface area contributed by atoms with Crippen LogP contribution in [0.5, 0.6) is 0 Å². The fraction of sp³-hybridized carbons (Fsp3) is 0.222. The van der Waals surface area contributed by atoms with Crippen LogP contribution in [0.1, 0.15) is 124 Å². The van der Waals surface area contributed by atoms with Crippen molar-refractivity contribution in [1.82, 2.24) is 4.90 Å². The van der Waals surface area contributed by atoms with Crippen LogP contribution >= 0.6 is 0 Å². The van der Waals surface area contributed by atoms with Gasteiger partial charge in [0, 0.05) is 39.8 Å². The first-order valence-electron chi connectivity index (χ1n) is 34.6. The molecule has 0 aromatic heterocycles. The highest BCUT2D eigenvalue weighted by atomic mass is 15.2. The van der Waals surface area contributed by atoms with Crippen molar-refractivity contribution >= 4 is 56.8 Å². The number of rotatable bonds is 12. The van der Waals surface area contributed by atoms with E-state index in [1.807, 2.05) is 0 Å². The number of hydrogen-bond acceptors (Lipinski definition) is 2. The van der Waals surface area contributed by atoms with Crippen molar-refractivity contribution in [2.24, 2.45) is 17.3 Å². The zero-order valence-corrected chi connectivity index (χ0v) is 52.9. The molecule has 2 spiro atoms. The Morgan fingerprint density at radius 2 is 1.04 bits per heavy atom. The third-order valence-electron chi connectivity index (χ3n) is 22.3. The lowest BCUT2D eigenvalue weighted by Crippen LogP contribution is -2.38. The van der Waals surface area contributed by atoms with Crippen LogP contribution in [0, 0.1) is 17.3 Å². The molecule has 0 bridgehead atoms. The standard InChI is InChI=1S/C90H80N2/c1-9-25-67(26-10-1)87-79-49-43-63(37-39-65-41-47-75-77-51-45-73(61-85(77)89(83(75)59-65)53-21-7-22-54-89)91(69-29-13-3-14-30-69)70-31-15-4-16-32-70)57-81(79)82-58-64(44-50-80(82)88(87)68-27-11-2-12-28-68)38-40-66-42-48-76-78-52-46-74(62-86(78)90(84(76)60-66)55-23-8-24-56-90)92(71-33-17-5-18-34-71)72-35-19-6-20-36-72/h1-5,9-17,19,25-33,35-52,57-61,74,76,84H,6-8,18,20-24,34,53-56,62H2/b39-37+,40-38+. The van der Waals surface area contributed by atoms with E-state index in [2.05, 4.69) is 295 Å². The van der Waals surface area contributed by atoms with Crippen LogP contribution in [0.3, 0.4) is 0 Å². The smallest absolute Gasteiger partial charge is 0.0559 e. The molecule has 9 aromatic carbocycles. The Hall–Kier alpha value is -9.50. The summed E-state index contributed by atoms with van der Waals surface area (Å²) in [6, 6.07) is 73.4. The number of para-hydroxylation sites is 2. The number of hydrogen-bond donors (Lipinski definition) is 0. The second kappa shape index (κ2) is 23.9. The molecule has 0 N–H and O–H groups in total. The van der Waals surface area contributed by atoms with E-state index in [1.165, 1.54) is 181 Å². The van der Waals surface area contributed by atoms with Gasteiger partial charge in [0.25, 0.3) is 0 Å². The second-order valence-electron chi connectivity index (χ2n) is 27.4. The molecule has 2 heteroatoms. The number of nitrogens with zero attached hydrogens (tertiary/aromatic N) is 2. The van der Waals surface area contributed by atoms with E-state index in [0.717, 1.165) is 32.1 Å². The van der Waals surface area contributed by atoms with Crippen molar-refractivity contribution in [3.8, 4) is 33.4 Å². The zero-order valence-electron chi connectivity index (χ0n) is 52.9. The molecule has 8 aliphatic rings. The molecule has 0 heterocycles. The van der Waals surface area contributed by atoms with Gasteiger partial charge >= 0.3 is 0 Å². The molecule has 8 aliphatic carbocycles. The largest absolute Gasteiger partial charge is 0.338 e. The minimum atomic E-state index is -0.0170. The summed E-state index contributed by atoms with van der Waals surface area (Å²) in [5.74, 6) is 0.907. The van der Waals surface area contributed by atoms with Crippen molar-refractivity contribution < 1.29 is 0 Å². The normalized spacial score (nSPS) is 20.8. The molecule has 92 heavy (non-hydrogen) atoms. The van der Waals surface area contributed by atoms with Gasteiger partial charge in [-0.25, -0.2) is 0 Å². The van der Waals surface area contributed by atoms with Gasteiger partial charge in [0.1, 0.15) is 0 Å². The van der Waals surface area contributed by atoms with Crippen molar-refractivity contribution in [2.75, 3.05) is 4.90 Å². The summed E-state index contributed by atoms with van der Waals surface area (Å²) in [6.45, 7) is 0. The van der Waals surface area contributed by atoms with E-state index in [1.54, 1.807) is 11.1 Å². The summed E-state index contributed by atoms with van der Waals surface area (Å²) < 4.78 is 0. The van der Waals surface area contributed by atoms with Crippen LogP contribution in [0.25, 0.3) is 73.2 Å². The number of fused-ring (bicyclic) bond motifs is 12. The van der Waals surface area contributed by atoms with Crippen molar-refractivity contribution in [3.05, 3.63) is 323 Å². The van der Waals surface area contributed by atoms with Gasteiger partial charge < -0.3 is 9.80 Å². The first kappa shape index (κ1) is 56.5. The van der Waals surface area contributed by atoms with E-state index in [0.29, 0.717) is 17.9 Å². The van der Waals surface area contributed by atoms with E-state index in [4.69, 9.17) is 0 Å². The Bertz CT molecular complexity index is 4620. The molecule has 0 radical (unpaired) electrons. The van der Waals surface area contributed by atoms with E-state index < -0.39 is 0 Å². The van der Waals surface area contributed by atoms with Crippen molar-refractivity contribution in [3.63, 3.8) is 0 Å². The lowest BCUT2D eigenvalue weighted by atomic mass is 9.61. The van der Waals surface area contributed by atoms with E-state index in [-0.39, 0.29) is 10.8 Å². The maximum Gasteiger partial charge on any atom is 0.0559 e. The minimum absolute atomic E-state index is 0.0170. The Labute approximate surface area is 544 Å². The predicted octanol–water partition coefficient (Wildman–Crippen LogP) is 24.3. The Balaban J connectivity index is 0.722. The minimum Gasteiger partial charge on any atom is -0.338 e. The average Bonchev–Trinajstić information content (AvgIpc) is 1.65. The van der Waals surface area contributed by atoms with Gasteiger partial charge in [0.15, 0.2) is 0 Å². The van der Waals surface area contributed by atoms with Crippen LogP contribution in [0.2, 0.25) is 0 Å². The molecule has 0 aliphatic heterocycles. The monoisotopic (exact) mass is 1190 g/mol. The fourth-order valence-corrected chi connectivity index (χ4v) is 18.2. The van der Waals surface area contributed by atoms with Gasteiger partial charge in [0.05, 0.1) is 6.04 Å². The SMILES string of the molecule is C1=CCCC(N(C2=CCCC=C2)C2C=CC3=C(C2)C2(CCCCC2)C2C=C(/C=C/c4ccc5c(-c6ccccc6)c(-c6ccccc6)c6ccc(/C=C/c7ccc8c(c7)C7(CCCCC7)c7cc(N(c9ccccc9)c9ccccc9)ccc7-8)cc6c5c4)C=CC32)=C1. The molecule has 450 valence electrons. The zero-order chi connectivity index (χ0) is 61.0. The fourth-order valence-electron chi connectivity index (χ4n) is 18.2. The van der Waals surface area contributed by atoms with Crippen LogP contribution in [0.4, 0.5) is 17.1 Å². The van der Waals surface area contributed by atoms with Gasteiger partial charge in [-0.3, -0.25) is 0 Å². The highest BCUT2D eigenvalue weighted by Gasteiger charge is 2.53. The van der Waals surface area contributed by atoms with Gasteiger partial charge in [-0.05, 0) is 224 Å². The highest BCUT2D eigenvalue weighted by molar-refractivity contribution is 6.22. The number of anilines is 3. The van der Waals surface area contributed by atoms with Crippen LogP contribution < -0.4 is 4.90 Å². The second-order valence-corrected chi connectivity index (χ2v) is 27.4. The van der Waals surface area contributed by atoms with E-state index >= 15 is 0 Å². The molecular weight excluding hydrogens is 1110 g/mol. The third-order valence-corrected chi connectivity index (χ3v) is 22.3. The maximum atomic E-state index is 2.72. The molecular formula is C90H80N2. The van der Waals surface area contributed by atoms with Gasteiger partial charge in [-0.1, -0.05) is 269 Å². The van der Waals surface area contributed by atoms with Crippen molar-refractivity contribution in [1.29, 1.82) is 0 Å². The van der Waals surface area contributed by atoms with E-state index in [9.17, 15) is 0 Å². The summed E-state index contributed by atoms with van der Waals surface area (Å²) in [4.78, 5) is 5.14. The Morgan fingerprint density at radius 1 is 0.457 bits per heavy atom. The maximum absolute atomic E-state index is 2.72. The summed E-state index contributed by atoms with van der Waals surface area (Å²) in [6.07, 6.45) is 55.0. The molecule has 2 fully saturated rings. The van der Waals surface area contributed by atoms with Gasteiger partial charge in [-0.2, -0.15) is 0 Å². The summed E-state index contributed by atoms with van der Waals surface area (Å²) in [5.41, 5.74) is 25.8. The van der Waals surface area contributed by atoms with Crippen LogP contribution in [-0.2, 0) is 5.41 Å². The van der Waals surface area contributed by atoms with Crippen molar-refractivity contribution in [2.45, 2.75) is 108 Å². The predicted molar refractivity (Wildman–Crippen MR) is 390 cm³/mol. The first-order chi connectivity index (χ1) is 45.6. The Morgan fingerprint density at radius 3 is 1.66 bits per heavy atom. The molecule has 17 rings (SSSR count). The molecule has 9 aromatic rings. The van der Waals surface area contributed by atoms with Crippen LogP contribution in [0.15, 0.2) is 295 Å². The van der Waals surface area contributed by atoms with Gasteiger partial charge in [0.2, 0.25) is 0 Å². The van der Waals surface area contributed by atoms with Crippen LogP contribution in [-0.4, -0.2) is 10.9 Å². The van der Waals surface area contributed by atoms with Gasteiger partial charge in [-0.15, -0.1) is 0 Å². The summed E-state index contributed by atoms with van der Waals surface area (Å²) in [7, 11) is 0. The number of allylic oxidation sites excluding steroid dienone is 14. The molecule has 3 unspecified atom stereocenters. The number of benzene rings is 9. The summed E-state index contributed by atoms with van der Waals surface area (Å²) >= 11 is 0. The highest BCUT2D eigenvalue weighted by Crippen LogP contribution is 2.63. The third kappa shape index (κ3) is 9.92. The molecule has 2 saturated carbocycles. The average molecular weight is 1190 g/mol. The Kier molecular flexibility index (Phi) is 14.7. The quantitative estimate of drug-likeness (QED) is 0.0889. The first-order valence-corrected chi connectivity index (χ1v) is 34.6. The summed E-state index contributed by atoms with van der Waals surface area (Å²) in [5, 5.41) is 5.09.